The first kappa shape index (κ1) is 43.6. The van der Waals surface area contributed by atoms with Crippen molar-refractivity contribution in [2.75, 3.05) is 18.1 Å². The van der Waals surface area contributed by atoms with E-state index in [4.69, 9.17) is 23.7 Å². The van der Waals surface area contributed by atoms with Gasteiger partial charge in [-0.25, -0.2) is 8.78 Å². The van der Waals surface area contributed by atoms with E-state index >= 15 is 0 Å². The number of hydrogen-bond donors (Lipinski definition) is 0. The Morgan fingerprint density at radius 2 is 1.35 bits per heavy atom. The van der Waals surface area contributed by atoms with E-state index in [0.717, 1.165) is 28.9 Å². The van der Waals surface area contributed by atoms with Crippen molar-refractivity contribution in [3.05, 3.63) is 95.6 Å². The molecule has 2 saturated heterocycles. The molecule has 0 N–H and O–H groups in total. The molecule has 0 aromatic heterocycles. The third kappa shape index (κ3) is 11.6. The number of unbranched alkanes of at least 4 members (excludes halogenated alkanes) is 1. The highest BCUT2D eigenvalue weighted by Crippen LogP contribution is 2.49. The van der Waals surface area contributed by atoms with Gasteiger partial charge in [0, 0.05) is 44.9 Å². The van der Waals surface area contributed by atoms with Gasteiger partial charge < -0.3 is 28.6 Å². The van der Waals surface area contributed by atoms with Crippen LogP contribution in [-0.4, -0.2) is 71.1 Å². The first-order chi connectivity index (χ1) is 27.2. The fourth-order valence-corrected chi connectivity index (χ4v) is 10.1. The van der Waals surface area contributed by atoms with E-state index in [1.165, 1.54) is 75.5 Å². The smallest absolute Gasteiger partial charge is 0.303 e. The minimum Gasteiger partial charge on any atom is -0.465 e. The zero-order valence-corrected chi connectivity index (χ0v) is 34.0. The van der Waals surface area contributed by atoms with Gasteiger partial charge in [-0.15, -0.1) is 23.5 Å². The summed E-state index contributed by atoms with van der Waals surface area (Å²) in [5.74, 6) is -3.87. The first-order valence-corrected chi connectivity index (χ1v) is 20.6. The van der Waals surface area contributed by atoms with Crippen LogP contribution >= 0.6 is 23.5 Å². The summed E-state index contributed by atoms with van der Waals surface area (Å²) in [6.45, 7) is 7.28. The van der Waals surface area contributed by atoms with Crippen LogP contribution in [0.4, 0.5) is 14.5 Å². The number of β-lactam (4-membered cyclic amide) rings is 1. The Morgan fingerprint density at radius 3 is 1.93 bits per heavy atom. The third-order valence-corrected chi connectivity index (χ3v) is 12.5. The molecule has 2 fully saturated rings. The van der Waals surface area contributed by atoms with Gasteiger partial charge in [0.15, 0.2) is 18.3 Å². The van der Waals surface area contributed by atoms with Crippen molar-refractivity contribution in [2.24, 2.45) is 5.92 Å². The Bertz CT molecular complexity index is 1860. The second-order valence-electron chi connectivity index (χ2n) is 13.8. The van der Waals surface area contributed by atoms with Gasteiger partial charge >= 0.3 is 23.9 Å². The van der Waals surface area contributed by atoms with Crippen molar-refractivity contribution < 1.29 is 56.4 Å². The van der Waals surface area contributed by atoms with Gasteiger partial charge in [0.1, 0.15) is 18.2 Å². The highest BCUT2D eigenvalue weighted by Gasteiger charge is 2.52. The summed E-state index contributed by atoms with van der Waals surface area (Å²) in [4.78, 5) is 64.9. The highest BCUT2D eigenvalue weighted by molar-refractivity contribution is 8.17. The number of ether oxygens (including phenoxy) is 5. The maximum atomic E-state index is 13.9. The molecule has 11 nitrogen and oxygen atoms in total. The van der Waals surface area contributed by atoms with Gasteiger partial charge in [-0.05, 0) is 78.9 Å². The number of amides is 1. The number of esters is 4. The molecule has 3 aromatic carbocycles. The average molecular weight is 828 g/mol. The maximum absolute atomic E-state index is 13.9. The van der Waals surface area contributed by atoms with E-state index in [-0.39, 0.29) is 24.4 Å². The first-order valence-electron chi connectivity index (χ1n) is 18.8. The zero-order valence-electron chi connectivity index (χ0n) is 32.4. The SMILES string of the molecule is CCCCO[C@@H](CC[C@H]1C(=O)N(c2ccc(F)cc2)[C@@H]1c1ccc(S[C@@H]2S[C@H](COC(C)=O)[C@@H](OC(C)=O)[C@H](OC(C)=O)[C@H]2OC(C)=O)cc1)c1ccc(F)cc1. The lowest BCUT2D eigenvalue weighted by Gasteiger charge is -2.48. The number of hydrogen-bond acceptors (Lipinski definition) is 12. The summed E-state index contributed by atoms with van der Waals surface area (Å²) < 4.78 is 55.6. The molecule has 0 radical (unpaired) electrons. The van der Waals surface area contributed by atoms with Crippen LogP contribution in [0.3, 0.4) is 0 Å². The topological polar surface area (TPSA) is 135 Å². The molecule has 0 saturated carbocycles. The molecule has 0 unspecified atom stereocenters. The lowest BCUT2D eigenvalue weighted by atomic mass is 9.78. The van der Waals surface area contributed by atoms with Gasteiger partial charge in [-0.1, -0.05) is 37.6 Å². The molecule has 2 aliphatic rings. The molecule has 15 heteroatoms. The van der Waals surface area contributed by atoms with Crippen molar-refractivity contribution >= 4 is 59.0 Å². The lowest BCUT2D eigenvalue weighted by Crippen LogP contribution is -2.57. The molecular formula is C42H47F2NO10S2. The number of anilines is 1. The van der Waals surface area contributed by atoms with Crippen LogP contribution in [-0.2, 0) is 47.7 Å². The fourth-order valence-electron chi connectivity index (χ4n) is 6.99. The van der Waals surface area contributed by atoms with E-state index < -0.39 is 69.8 Å². The second kappa shape index (κ2) is 20.3. The molecule has 0 aliphatic carbocycles. The summed E-state index contributed by atoms with van der Waals surface area (Å²) in [6, 6.07) is 19.1. The predicted octanol–water partition coefficient (Wildman–Crippen LogP) is 7.90. The number of thioether (sulfide) groups is 2. The largest absolute Gasteiger partial charge is 0.465 e. The third-order valence-electron chi connectivity index (χ3n) is 9.54. The Balaban J connectivity index is 1.42. The second-order valence-corrected chi connectivity index (χ2v) is 16.7. The fraction of sp³-hybridized carbons (Fsp3) is 0.452. The molecule has 57 heavy (non-hydrogen) atoms. The summed E-state index contributed by atoms with van der Waals surface area (Å²) in [5, 5.41) is -0.679. The Morgan fingerprint density at radius 1 is 0.772 bits per heavy atom. The number of nitrogens with zero attached hydrogens (tertiary/aromatic N) is 1. The van der Waals surface area contributed by atoms with E-state index in [2.05, 4.69) is 6.92 Å². The van der Waals surface area contributed by atoms with Crippen LogP contribution in [0.5, 0.6) is 0 Å². The normalized spacial score (nSPS) is 23.5. The Hall–Kier alpha value is -4.47. The lowest BCUT2D eigenvalue weighted by molar-refractivity contribution is -0.183. The molecule has 3 aromatic rings. The summed E-state index contributed by atoms with van der Waals surface area (Å²) >= 11 is 2.58. The van der Waals surface area contributed by atoms with Crippen LogP contribution < -0.4 is 4.90 Å². The van der Waals surface area contributed by atoms with Crippen LogP contribution in [0, 0.1) is 17.6 Å². The minimum atomic E-state index is -1.20. The molecule has 0 bridgehead atoms. The average Bonchev–Trinajstić information content (AvgIpc) is 3.15. The number of carbonyl (C=O) groups is 5. The van der Waals surface area contributed by atoms with Crippen LogP contribution in [0.25, 0.3) is 0 Å². The Labute approximate surface area is 339 Å². The van der Waals surface area contributed by atoms with Gasteiger partial charge in [0.05, 0.1) is 27.9 Å². The van der Waals surface area contributed by atoms with Crippen molar-refractivity contribution in [3.63, 3.8) is 0 Å². The predicted molar refractivity (Wildman–Crippen MR) is 210 cm³/mol. The van der Waals surface area contributed by atoms with Crippen molar-refractivity contribution in [2.45, 2.75) is 105 Å². The molecule has 5 rings (SSSR count). The number of carbonyl (C=O) groups excluding carboxylic acids is 5. The van der Waals surface area contributed by atoms with Crippen LogP contribution in [0.1, 0.15) is 83.6 Å². The van der Waals surface area contributed by atoms with Crippen molar-refractivity contribution in [3.8, 4) is 0 Å². The van der Waals surface area contributed by atoms with Gasteiger partial charge in [-0.3, -0.25) is 24.0 Å². The summed E-state index contributed by atoms with van der Waals surface area (Å²) in [6.07, 6.45) is -0.917. The maximum Gasteiger partial charge on any atom is 0.303 e. The van der Waals surface area contributed by atoms with E-state index in [9.17, 15) is 32.8 Å². The standard InChI is InChI=1S/C42H47F2NO10S2/c1-6-7-22-51-35(28-8-12-30(43)13-9-28)21-20-34-37(45(41(34)50)32-16-14-31(44)15-17-32)29-10-18-33(19-11-29)56-42-40(55-27(5)49)39(54-26(4)48)38(53-25(3)47)36(57-42)23-52-24(2)46/h8-19,34-40,42H,6-7,20-23H2,1-5H3/t34-,35+,36-,37-,38-,39+,40-,42-/m1/s1. The monoisotopic (exact) mass is 827 g/mol. The number of rotatable bonds is 17. The number of halogens is 2. The minimum absolute atomic E-state index is 0.114. The van der Waals surface area contributed by atoms with Gasteiger partial charge in [-0.2, -0.15) is 0 Å². The molecule has 0 spiro atoms. The molecule has 306 valence electrons. The Kier molecular flexibility index (Phi) is 15.5. The highest BCUT2D eigenvalue weighted by atomic mass is 32.2. The quantitative estimate of drug-likeness (QED) is 0.0567. The van der Waals surface area contributed by atoms with Crippen LogP contribution in [0.2, 0.25) is 0 Å². The molecule has 8 atom stereocenters. The van der Waals surface area contributed by atoms with E-state index in [1.54, 1.807) is 29.2 Å². The molecule has 2 aliphatic heterocycles. The molecule has 1 amide bonds. The van der Waals surface area contributed by atoms with Gasteiger partial charge in [0.25, 0.3) is 0 Å². The summed E-state index contributed by atoms with van der Waals surface area (Å²) in [7, 11) is 0. The number of benzene rings is 3. The van der Waals surface area contributed by atoms with Crippen molar-refractivity contribution in [1.29, 1.82) is 0 Å². The summed E-state index contributed by atoms with van der Waals surface area (Å²) in [5.41, 5.74) is 2.20. The molecule has 2 heterocycles. The van der Waals surface area contributed by atoms with Crippen molar-refractivity contribution in [1.82, 2.24) is 0 Å². The van der Waals surface area contributed by atoms with E-state index in [0.29, 0.717) is 25.1 Å². The van der Waals surface area contributed by atoms with Crippen LogP contribution in [0.15, 0.2) is 77.7 Å². The zero-order chi connectivity index (χ0) is 41.2. The van der Waals surface area contributed by atoms with Gasteiger partial charge in [0.2, 0.25) is 5.91 Å². The molecular weight excluding hydrogens is 781 g/mol. The van der Waals surface area contributed by atoms with E-state index in [1.807, 2.05) is 24.3 Å².